The maximum Gasteiger partial charge on any atom is 0.150 e. The fraction of sp³-hybridized carbons (Fsp3) is 0.429. The highest BCUT2D eigenvalue weighted by atomic mass is 16.2. The molecule has 2 aliphatic rings. The number of carbonyl (C=O) groups excluding carboxylic acids is 2. The van der Waals surface area contributed by atoms with Crippen LogP contribution < -0.4 is 0 Å². The molecule has 0 N–H and O–H groups in total. The summed E-state index contributed by atoms with van der Waals surface area (Å²) < 4.78 is 0. The number of hydrogen-bond donors (Lipinski definition) is 0. The first-order valence-electron chi connectivity index (χ1n) is 5.68. The molecule has 1 aromatic carbocycles. The van der Waals surface area contributed by atoms with Crippen LogP contribution in [0.2, 0.25) is 0 Å². The van der Waals surface area contributed by atoms with Crippen LogP contribution in [0.3, 0.4) is 0 Å². The van der Waals surface area contributed by atoms with Crippen molar-refractivity contribution in [3.63, 3.8) is 0 Å². The summed E-state index contributed by atoms with van der Waals surface area (Å²) in [5.41, 5.74) is 0.398. The minimum Gasteiger partial charge on any atom is -0.298 e. The summed E-state index contributed by atoms with van der Waals surface area (Å²) in [6.07, 6.45) is 0. The highest BCUT2D eigenvalue weighted by Gasteiger charge is 2.70. The van der Waals surface area contributed by atoms with Crippen LogP contribution in [0, 0.1) is 17.3 Å². The van der Waals surface area contributed by atoms with Gasteiger partial charge in [-0.3, -0.25) is 9.59 Å². The van der Waals surface area contributed by atoms with E-state index in [4.69, 9.17) is 0 Å². The Kier molecular flexibility index (Phi) is 1.72. The van der Waals surface area contributed by atoms with Gasteiger partial charge < -0.3 is 0 Å². The molecule has 0 aromatic heterocycles. The van der Waals surface area contributed by atoms with Gasteiger partial charge in [0.25, 0.3) is 0 Å². The predicted octanol–water partition coefficient (Wildman–Crippen LogP) is 2.19. The Morgan fingerprint density at radius 2 is 1.38 bits per heavy atom. The first-order chi connectivity index (χ1) is 7.55. The molecule has 1 unspecified atom stereocenters. The number of benzene rings is 1. The van der Waals surface area contributed by atoms with Crippen LogP contribution in [-0.2, 0) is 9.59 Å². The van der Waals surface area contributed by atoms with E-state index in [0.717, 1.165) is 5.56 Å². The van der Waals surface area contributed by atoms with Crippen LogP contribution in [0.25, 0.3) is 0 Å². The number of fused-ring (bicyclic) bond motifs is 1. The van der Waals surface area contributed by atoms with Crippen molar-refractivity contribution in [2.24, 2.45) is 17.3 Å². The lowest BCUT2D eigenvalue weighted by Gasteiger charge is -2.18. The molecular formula is C14H14O2. The van der Waals surface area contributed by atoms with E-state index in [1.165, 1.54) is 0 Å². The van der Waals surface area contributed by atoms with Gasteiger partial charge in [0.2, 0.25) is 0 Å². The van der Waals surface area contributed by atoms with Crippen molar-refractivity contribution in [2.75, 3.05) is 0 Å². The van der Waals surface area contributed by atoms with E-state index in [1.54, 1.807) is 13.8 Å². The third-order valence-corrected chi connectivity index (χ3v) is 4.04. The summed E-state index contributed by atoms with van der Waals surface area (Å²) >= 11 is 0. The first kappa shape index (κ1) is 9.76. The largest absolute Gasteiger partial charge is 0.298 e. The summed E-state index contributed by atoms with van der Waals surface area (Å²) in [5, 5.41) is 0. The van der Waals surface area contributed by atoms with Gasteiger partial charge >= 0.3 is 0 Å². The third-order valence-electron chi connectivity index (χ3n) is 4.04. The van der Waals surface area contributed by atoms with E-state index in [0.29, 0.717) is 0 Å². The molecule has 2 fully saturated rings. The molecule has 82 valence electrons. The zero-order valence-corrected chi connectivity index (χ0v) is 9.44. The molecule has 3 rings (SSSR count). The minimum absolute atomic E-state index is 0.0371. The molecule has 3 atom stereocenters. The summed E-state index contributed by atoms with van der Waals surface area (Å²) in [6, 6.07) is 9.90. The predicted molar refractivity (Wildman–Crippen MR) is 60.0 cm³/mol. The number of rotatable bonds is 1. The van der Waals surface area contributed by atoms with Gasteiger partial charge in [-0.25, -0.2) is 0 Å². The van der Waals surface area contributed by atoms with E-state index in [2.05, 4.69) is 0 Å². The van der Waals surface area contributed by atoms with Crippen LogP contribution in [0.1, 0.15) is 25.3 Å². The third kappa shape index (κ3) is 1.02. The van der Waals surface area contributed by atoms with Crippen molar-refractivity contribution < 1.29 is 9.59 Å². The van der Waals surface area contributed by atoms with Crippen molar-refractivity contribution in [3.8, 4) is 0 Å². The van der Waals surface area contributed by atoms with Crippen molar-refractivity contribution in [1.82, 2.24) is 0 Å². The molecule has 0 aliphatic heterocycles. The van der Waals surface area contributed by atoms with Gasteiger partial charge in [-0.05, 0) is 19.4 Å². The molecule has 2 nitrogen and oxygen atoms in total. The Bertz CT molecular complexity index is 449. The van der Waals surface area contributed by atoms with Crippen molar-refractivity contribution in [1.29, 1.82) is 0 Å². The second-order valence-corrected chi connectivity index (χ2v) is 5.34. The Labute approximate surface area is 94.7 Å². The Balaban J connectivity index is 1.94. The molecule has 0 bridgehead atoms. The smallest absolute Gasteiger partial charge is 0.150 e. The van der Waals surface area contributed by atoms with Crippen molar-refractivity contribution in [3.05, 3.63) is 35.9 Å². The summed E-state index contributed by atoms with van der Waals surface area (Å²) in [7, 11) is 0. The molecule has 2 saturated carbocycles. The summed E-state index contributed by atoms with van der Waals surface area (Å²) in [4.78, 5) is 24.1. The Morgan fingerprint density at radius 3 is 1.88 bits per heavy atom. The topological polar surface area (TPSA) is 34.1 Å². The molecule has 2 heteroatoms. The highest BCUT2D eigenvalue weighted by molar-refractivity contribution is 6.19. The van der Waals surface area contributed by atoms with Gasteiger partial charge in [-0.2, -0.15) is 0 Å². The van der Waals surface area contributed by atoms with E-state index in [-0.39, 0.29) is 29.3 Å². The normalized spacial score (nSPS) is 35.0. The number of carbonyl (C=O) groups is 2. The summed E-state index contributed by atoms with van der Waals surface area (Å²) in [5.74, 6) is 0.358. The van der Waals surface area contributed by atoms with E-state index in [1.807, 2.05) is 30.3 Å². The molecule has 0 saturated heterocycles. The lowest BCUT2D eigenvalue weighted by atomic mass is 9.82. The van der Waals surface area contributed by atoms with Gasteiger partial charge in [0, 0.05) is 17.8 Å². The minimum atomic E-state index is -0.736. The number of Topliss-reactive ketones (excluding diaryl/α,β-unsaturated/α-hetero) is 2. The molecule has 2 aliphatic carbocycles. The molecule has 1 aromatic rings. The van der Waals surface area contributed by atoms with Crippen molar-refractivity contribution in [2.45, 2.75) is 19.8 Å². The van der Waals surface area contributed by atoms with E-state index in [9.17, 15) is 9.59 Å². The number of ketones is 2. The SMILES string of the molecule is CC1(C)C(=O)[C@@H]2C(c3ccccc3)[C@@H]2C1=O. The second kappa shape index (κ2) is 2.82. The fourth-order valence-corrected chi connectivity index (χ4v) is 3.01. The van der Waals surface area contributed by atoms with Crippen LogP contribution in [0.15, 0.2) is 30.3 Å². The second-order valence-electron chi connectivity index (χ2n) is 5.34. The molecule has 16 heavy (non-hydrogen) atoms. The molecule has 0 amide bonds. The Morgan fingerprint density at radius 1 is 0.875 bits per heavy atom. The quantitative estimate of drug-likeness (QED) is 0.671. The van der Waals surface area contributed by atoms with Crippen LogP contribution in [0.5, 0.6) is 0 Å². The standard InChI is InChI=1S/C14H14O2/c1-14(2)12(15)10-9(11(10)13(14)16)8-6-4-3-5-7-8/h3-7,9-11H,1-2H3/t9?,10-,11+. The zero-order chi connectivity index (χ0) is 11.5. The maximum absolute atomic E-state index is 12.0. The van der Waals surface area contributed by atoms with Gasteiger partial charge in [-0.15, -0.1) is 0 Å². The van der Waals surface area contributed by atoms with Gasteiger partial charge in [-0.1, -0.05) is 30.3 Å². The maximum atomic E-state index is 12.0. The van der Waals surface area contributed by atoms with Crippen molar-refractivity contribution >= 4 is 11.6 Å². The molecule has 0 radical (unpaired) electrons. The Hall–Kier alpha value is -1.44. The lowest BCUT2D eigenvalue weighted by Crippen LogP contribution is -2.30. The van der Waals surface area contributed by atoms with E-state index >= 15 is 0 Å². The van der Waals surface area contributed by atoms with E-state index < -0.39 is 5.41 Å². The fourth-order valence-electron chi connectivity index (χ4n) is 3.01. The molecular weight excluding hydrogens is 200 g/mol. The number of hydrogen-bond acceptors (Lipinski definition) is 2. The van der Waals surface area contributed by atoms with Crippen LogP contribution >= 0.6 is 0 Å². The van der Waals surface area contributed by atoms with Gasteiger partial charge in [0.15, 0.2) is 0 Å². The lowest BCUT2D eigenvalue weighted by molar-refractivity contribution is -0.135. The monoisotopic (exact) mass is 214 g/mol. The zero-order valence-electron chi connectivity index (χ0n) is 9.44. The average molecular weight is 214 g/mol. The van der Waals surface area contributed by atoms with Crippen LogP contribution in [-0.4, -0.2) is 11.6 Å². The van der Waals surface area contributed by atoms with Gasteiger partial charge in [0.1, 0.15) is 11.6 Å². The molecule has 0 spiro atoms. The first-order valence-corrected chi connectivity index (χ1v) is 5.68. The average Bonchev–Trinajstić information content (AvgIpc) is 2.98. The van der Waals surface area contributed by atoms with Crippen LogP contribution in [0.4, 0.5) is 0 Å². The summed E-state index contributed by atoms with van der Waals surface area (Å²) in [6.45, 7) is 3.51. The van der Waals surface area contributed by atoms with Gasteiger partial charge in [0.05, 0.1) is 5.41 Å². The molecule has 0 heterocycles. The highest BCUT2D eigenvalue weighted by Crippen LogP contribution is 2.63.